The predicted octanol–water partition coefficient (Wildman–Crippen LogP) is 1.45. The van der Waals surface area contributed by atoms with Crippen molar-refractivity contribution in [2.45, 2.75) is 12.1 Å². The number of methoxy groups -OCH3 is 1. The number of aliphatic carboxylic acids is 1. The minimum Gasteiger partial charge on any atom is -0.479 e. The molecule has 6 nitrogen and oxygen atoms in total. The molecule has 21 heavy (non-hydrogen) atoms. The molecule has 114 valence electrons. The van der Waals surface area contributed by atoms with Gasteiger partial charge in [-0.15, -0.1) is 0 Å². The third-order valence-electron chi connectivity index (χ3n) is 3.33. The van der Waals surface area contributed by atoms with Gasteiger partial charge >= 0.3 is 5.97 Å². The number of carboxylic acids is 1. The van der Waals surface area contributed by atoms with Crippen molar-refractivity contribution < 1.29 is 24.2 Å². The molecule has 2 unspecified atom stereocenters. The quantitative estimate of drug-likeness (QED) is 0.862. The molecule has 1 amide bonds. The number of ether oxygens (including phenoxy) is 2. The van der Waals surface area contributed by atoms with Crippen molar-refractivity contribution in [3.8, 4) is 0 Å². The molecule has 7 heteroatoms. The number of rotatable bonds is 5. The molecule has 1 aliphatic rings. The number of carbonyl (C=O) groups is 2. The molecule has 1 fully saturated rings. The zero-order chi connectivity index (χ0) is 15.4. The monoisotopic (exact) mass is 357 g/mol. The average molecular weight is 358 g/mol. The Balaban J connectivity index is 2.41. The largest absolute Gasteiger partial charge is 0.479 e. The zero-order valence-electron chi connectivity index (χ0n) is 11.5. The highest BCUT2D eigenvalue weighted by Gasteiger charge is 2.42. The number of benzene rings is 1. The summed E-state index contributed by atoms with van der Waals surface area (Å²) in [4.78, 5) is 25.1. The lowest BCUT2D eigenvalue weighted by molar-refractivity contribution is -0.173. The predicted molar refractivity (Wildman–Crippen MR) is 77.8 cm³/mol. The van der Waals surface area contributed by atoms with Crippen LogP contribution in [0.15, 0.2) is 28.7 Å². The minimum absolute atomic E-state index is 0.234. The summed E-state index contributed by atoms with van der Waals surface area (Å²) in [6, 6.07) is 6.53. The van der Waals surface area contributed by atoms with Gasteiger partial charge in [-0.3, -0.25) is 4.79 Å². The van der Waals surface area contributed by atoms with Gasteiger partial charge in [0, 0.05) is 18.1 Å². The van der Waals surface area contributed by atoms with Gasteiger partial charge in [-0.05, 0) is 11.6 Å². The number of carbonyl (C=O) groups excluding carboxylic acids is 1. The summed E-state index contributed by atoms with van der Waals surface area (Å²) in [6.07, 6.45) is -1.10. The smallest absolute Gasteiger partial charge is 0.335 e. The summed E-state index contributed by atoms with van der Waals surface area (Å²) in [5.41, 5.74) is 0.703. The normalized spacial score (nSPS) is 22.4. The number of hydrogen-bond acceptors (Lipinski definition) is 4. The maximum atomic E-state index is 12.1. The number of halogens is 1. The van der Waals surface area contributed by atoms with Crippen molar-refractivity contribution in [2.75, 3.05) is 26.9 Å². The SMILES string of the molecule is COCCN1C(=O)COC(C(=O)O)C1c1ccccc1Br. The third kappa shape index (κ3) is 3.42. The van der Waals surface area contributed by atoms with Gasteiger partial charge in [0.1, 0.15) is 6.61 Å². The Bertz CT molecular complexity index is 536. The summed E-state index contributed by atoms with van der Waals surface area (Å²) in [6.45, 7) is 0.412. The van der Waals surface area contributed by atoms with Crippen molar-refractivity contribution in [1.82, 2.24) is 4.90 Å². The number of morpholine rings is 1. The second-order valence-electron chi connectivity index (χ2n) is 4.62. The van der Waals surface area contributed by atoms with E-state index in [1.807, 2.05) is 12.1 Å². The van der Waals surface area contributed by atoms with Crippen molar-refractivity contribution in [1.29, 1.82) is 0 Å². The van der Waals surface area contributed by atoms with E-state index in [0.29, 0.717) is 18.7 Å². The first kappa shape index (κ1) is 15.9. The fourth-order valence-corrected chi connectivity index (χ4v) is 2.88. The van der Waals surface area contributed by atoms with Crippen LogP contribution in [0.3, 0.4) is 0 Å². The Morgan fingerprint density at radius 3 is 2.86 bits per heavy atom. The van der Waals surface area contributed by atoms with Crippen LogP contribution in [0, 0.1) is 0 Å². The molecule has 0 aliphatic carbocycles. The summed E-state index contributed by atoms with van der Waals surface area (Å²) in [5, 5.41) is 9.38. The van der Waals surface area contributed by atoms with E-state index in [4.69, 9.17) is 9.47 Å². The summed E-state index contributed by atoms with van der Waals surface area (Å²) in [7, 11) is 1.53. The van der Waals surface area contributed by atoms with Gasteiger partial charge in [0.15, 0.2) is 6.10 Å². The van der Waals surface area contributed by atoms with Crippen LogP contribution >= 0.6 is 15.9 Å². The van der Waals surface area contributed by atoms with Gasteiger partial charge in [-0.25, -0.2) is 4.79 Å². The first-order valence-corrected chi connectivity index (χ1v) is 7.22. The molecule has 1 saturated heterocycles. The van der Waals surface area contributed by atoms with Gasteiger partial charge in [0.25, 0.3) is 0 Å². The van der Waals surface area contributed by atoms with E-state index >= 15 is 0 Å². The Morgan fingerprint density at radius 2 is 2.24 bits per heavy atom. The molecular formula is C14H16BrNO5. The maximum Gasteiger partial charge on any atom is 0.335 e. The van der Waals surface area contributed by atoms with E-state index in [9.17, 15) is 14.7 Å². The molecule has 0 spiro atoms. The molecule has 0 aromatic heterocycles. The van der Waals surface area contributed by atoms with Crippen LogP contribution in [0.2, 0.25) is 0 Å². The lowest BCUT2D eigenvalue weighted by Crippen LogP contribution is -2.52. The average Bonchev–Trinajstić information content (AvgIpc) is 2.46. The molecule has 2 rings (SSSR count). The summed E-state index contributed by atoms with van der Waals surface area (Å²) >= 11 is 3.41. The molecule has 0 radical (unpaired) electrons. The highest BCUT2D eigenvalue weighted by atomic mass is 79.9. The van der Waals surface area contributed by atoms with E-state index in [2.05, 4.69) is 15.9 Å². The first-order valence-electron chi connectivity index (χ1n) is 6.43. The minimum atomic E-state index is -1.10. The number of carboxylic acid groups (broad SMARTS) is 1. The van der Waals surface area contributed by atoms with Crippen LogP contribution in [0.5, 0.6) is 0 Å². The fraction of sp³-hybridized carbons (Fsp3) is 0.429. The fourth-order valence-electron chi connectivity index (χ4n) is 2.36. The zero-order valence-corrected chi connectivity index (χ0v) is 13.1. The van der Waals surface area contributed by atoms with E-state index in [-0.39, 0.29) is 12.5 Å². The van der Waals surface area contributed by atoms with Crippen molar-refractivity contribution in [3.63, 3.8) is 0 Å². The Kier molecular flexibility index (Phi) is 5.33. The van der Waals surface area contributed by atoms with Crippen LogP contribution in [-0.2, 0) is 19.1 Å². The Morgan fingerprint density at radius 1 is 1.52 bits per heavy atom. The standard InChI is InChI=1S/C14H16BrNO5/c1-20-7-6-16-11(17)8-21-13(14(18)19)12(16)9-4-2-3-5-10(9)15/h2-5,12-13H,6-8H2,1H3,(H,18,19). The molecule has 1 aromatic carbocycles. The molecule has 1 heterocycles. The molecule has 0 saturated carbocycles. The van der Waals surface area contributed by atoms with Gasteiger partial charge < -0.3 is 19.5 Å². The lowest BCUT2D eigenvalue weighted by Gasteiger charge is -2.39. The van der Waals surface area contributed by atoms with Crippen molar-refractivity contribution in [2.24, 2.45) is 0 Å². The van der Waals surface area contributed by atoms with Crippen LogP contribution in [0.4, 0.5) is 0 Å². The molecule has 1 aliphatic heterocycles. The van der Waals surface area contributed by atoms with Crippen LogP contribution < -0.4 is 0 Å². The first-order chi connectivity index (χ1) is 10.1. The van der Waals surface area contributed by atoms with Gasteiger partial charge in [-0.1, -0.05) is 34.1 Å². The number of nitrogens with zero attached hydrogens (tertiary/aromatic N) is 1. The highest BCUT2D eigenvalue weighted by molar-refractivity contribution is 9.10. The van der Waals surface area contributed by atoms with E-state index in [1.54, 1.807) is 12.1 Å². The van der Waals surface area contributed by atoms with E-state index in [1.165, 1.54) is 12.0 Å². The number of hydrogen-bond donors (Lipinski definition) is 1. The van der Waals surface area contributed by atoms with Crippen LogP contribution in [-0.4, -0.2) is 54.9 Å². The van der Waals surface area contributed by atoms with E-state index in [0.717, 1.165) is 4.47 Å². The third-order valence-corrected chi connectivity index (χ3v) is 4.06. The van der Waals surface area contributed by atoms with Crippen LogP contribution in [0.25, 0.3) is 0 Å². The highest BCUT2D eigenvalue weighted by Crippen LogP contribution is 2.34. The molecule has 1 aromatic rings. The molecule has 1 N–H and O–H groups in total. The molecule has 2 atom stereocenters. The van der Waals surface area contributed by atoms with Gasteiger partial charge in [0.05, 0.1) is 12.6 Å². The van der Waals surface area contributed by atoms with E-state index < -0.39 is 18.1 Å². The van der Waals surface area contributed by atoms with Crippen molar-refractivity contribution >= 4 is 27.8 Å². The lowest BCUT2D eigenvalue weighted by atomic mass is 9.97. The molecule has 0 bridgehead atoms. The summed E-state index contributed by atoms with van der Waals surface area (Å²) < 4.78 is 11.0. The maximum absolute atomic E-state index is 12.1. The molecular weight excluding hydrogens is 342 g/mol. The van der Waals surface area contributed by atoms with Crippen molar-refractivity contribution in [3.05, 3.63) is 34.3 Å². The number of amides is 1. The second-order valence-corrected chi connectivity index (χ2v) is 5.47. The Hall–Kier alpha value is -1.44. The van der Waals surface area contributed by atoms with Crippen LogP contribution in [0.1, 0.15) is 11.6 Å². The summed E-state index contributed by atoms with van der Waals surface area (Å²) in [5.74, 6) is -1.34. The Labute approximate surface area is 130 Å². The van der Waals surface area contributed by atoms with Gasteiger partial charge in [0.2, 0.25) is 5.91 Å². The second kappa shape index (κ2) is 7.02. The topological polar surface area (TPSA) is 76.1 Å². The van der Waals surface area contributed by atoms with Gasteiger partial charge in [-0.2, -0.15) is 0 Å².